The van der Waals surface area contributed by atoms with E-state index in [4.69, 9.17) is 21.1 Å². The number of likely N-dealkylation sites (N-methyl/N-ethyl adjacent to an activating group) is 1. The molecule has 1 aliphatic heterocycles. The molecule has 1 atom stereocenters. The Kier molecular flexibility index (Phi) is 6.53. The van der Waals surface area contributed by atoms with E-state index in [1.807, 2.05) is 11.8 Å². The highest BCUT2D eigenvalue weighted by molar-refractivity contribution is 7.91. The van der Waals surface area contributed by atoms with Gasteiger partial charge in [-0.25, -0.2) is 8.42 Å². The number of carbonyl (C=O) groups excluding carboxylic acids is 1. The molecule has 1 amide bonds. The van der Waals surface area contributed by atoms with E-state index in [-0.39, 0.29) is 30.0 Å². The molecule has 1 aromatic carbocycles. The Morgan fingerprint density at radius 2 is 2.00 bits per heavy atom. The Bertz CT molecular complexity index is 738. The van der Waals surface area contributed by atoms with Crippen LogP contribution in [-0.4, -0.2) is 64.1 Å². The van der Waals surface area contributed by atoms with Crippen LogP contribution in [0.3, 0.4) is 0 Å². The van der Waals surface area contributed by atoms with E-state index in [0.717, 1.165) is 0 Å². The minimum atomic E-state index is -2.99. The van der Waals surface area contributed by atoms with E-state index in [1.165, 1.54) is 14.2 Å². The second kappa shape index (κ2) is 8.25. The van der Waals surface area contributed by atoms with Crippen LogP contribution < -0.4 is 14.8 Å². The average Bonchev–Trinajstić information content (AvgIpc) is 2.93. The monoisotopic (exact) mass is 390 g/mol. The summed E-state index contributed by atoms with van der Waals surface area (Å²) in [7, 11) is -0.0278. The molecule has 1 saturated heterocycles. The molecule has 1 N–H and O–H groups in total. The maximum atomic E-state index is 12.4. The van der Waals surface area contributed by atoms with E-state index < -0.39 is 9.84 Å². The second-order valence-corrected chi connectivity index (χ2v) is 8.49. The first kappa shape index (κ1) is 19.8. The van der Waals surface area contributed by atoms with Crippen molar-refractivity contribution in [2.45, 2.75) is 19.4 Å². The van der Waals surface area contributed by atoms with Gasteiger partial charge in [0.25, 0.3) is 0 Å². The summed E-state index contributed by atoms with van der Waals surface area (Å²) in [4.78, 5) is 14.3. The van der Waals surface area contributed by atoms with Crippen molar-refractivity contribution in [3.05, 3.63) is 17.2 Å². The first-order chi connectivity index (χ1) is 11.8. The van der Waals surface area contributed by atoms with E-state index in [1.54, 1.807) is 12.1 Å². The van der Waals surface area contributed by atoms with Gasteiger partial charge in [0.15, 0.2) is 9.84 Å². The maximum absolute atomic E-state index is 12.4. The highest BCUT2D eigenvalue weighted by atomic mass is 35.5. The molecule has 7 nitrogen and oxygen atoms in total. The number of carbonyl (C=O) groups is 1. The molecule has 0 spiro atoms. The van der Waals surface area contributed by atoms with Gasteiger partial charge in [-0.05, 0) is 13.0 Å². The van der Waals surface area contributed by atoms with Crippen molar-refractivity contribution in [3.8, 4) is 11.5 Å². The molecule has 140 valence electrons. The van der Waals surface area contributed by atoms with Gasteiger partial charge < -0.3 is 14.8 Å². The molecule has 1 unspecified atom stereocenters. The predicted octanol–water partition coefficient (Wildman–Crippen LogP) is 1.80. The fraction of sp³-hybridized carbons (Fsp3) is 0.562. The van der Waals surface area contributed by atoms with Gasteiger partial charge in [-0.15, -0.1) is 0 Å². The van der Waals surface area contributed by atoms with Crippen LogP contribution in [0.25, 0.3) is 0 Å². The third-order valence-corrected chi connectivity index (χ3v) is 6.27. The molecule has 1 heterocycles. The number of nitrogens with zero attached hydrogens (tertiary/aromatic N) is 1. The molecule has 1 aliphatic rings. The zero-order valence-electron chi connectivity index (χ0n) is 14.5. The van der Waals surface area contributed by atoms with Crippen LogP contribution in [-0.2, 0) is 14.6 Å². The van der Waals surface area contributed by atoms with Crippen LogP contribution in [0.1, 0.15) is 13.3 Å². The predicted molar refractivity (Wildman–Crippen MR) is 97.5 cm³/mol. The lowest BCUT2D eigenvalue weighted by Crippen LogP contribution is -2.41. The fourth-order valence-electron chi connectivity index (χ4n) is 2.89. The van der Waals surface area contributed by atoms with Gasteiger partial charge in [0.1, 0.15) is 11.5 Å². The van der Waals surface area contributed by atoms with Crippen molar-refractivity contribution >= 4 is 33.0 Å². The summed E-state index contributed by atoms with van der Waals surface area (Å²) in [5.41, 5.74) is 0.448. The number of rotatable bonds is 7. The number of anilines is 1. The SMILES string of the molecule is CCN(CC(=O)Nc1cc(OC)c(Cl)cc1OC)C1CCS(=O)(=O)C1. The smallest absolute Gasteiger partial charge is 0.238 e. The van der Waals surface area contributed by atoms with E-state index in [0.29, 0.717) is 35.2 Å². The summed E-state index contributed by atoms with van der Waals surface area (Å²) in [6.07, 6.45) is 0.557. The molecule has 0 radical (unpaired) electrons. The highest BCUT2D eigenvalue weighted by Crippen LogP contribution is 2.35. The topological polar surface area (TPSA) is 84.9 Å². The minimum Gasteiger partial charge on any atom is -0.495 e. The van der Waals surface area contributed by atoms with Crippen molar-refractivity contribution in [2.24, 2.45) is 0 Å². The summed E-state index contributed by atoms with van der Waals surface area (Å²) < 4.78 is 33.7. The summed E-state index contributed by atoms with van der Waals surface area (Å²) in [5.74, 6) is 0.871. The van der Waals surface area contributed by atoms with Crippen molar-refractivity contribution in [1.29, 1.82) is 0 Å². The van der Waals surface area contributed by atoms with Crippen LogP contribution >= 0.6 is 11.6 Å². The average molecular weight is 391 g/mol. The van der Waals surface area contributed by atoms with Crippen LogP contribution in [0, 0.1) is 0 Å². The number of hydrogen-bond donors (Lipinski definition) is 1. The standard InChI is InChI=1S/C16H23ClN2O5S/c1-4-19(11-5-6-25(21,22)10-11)9-16(20)18-13-8-14(23-2)12(17)7-15(13)24-3/h7-8,11H,4-6,9-10H2,1-3H3,(H,18,20). The summed E-state index contributed by atoms with van der Waals surface area (Å²) in [6.45, 7) is 2.60. The number of hydrogen-bond acceptors (Lipinski definition) is 6. The Morgan fingerprint density at radius 1 is 1.32 bits per heavy atom. The first-order valence-corrected chi connectivity index (χ1v) is 10.2. The molecule has 0 saturated carbocycles. The number of amides is 1. The van der Waals surface area contributed by atoms with Gasteiger partial charge in [-0.2, -0.15) is 0 Å². The zero-order chi connectivity index (χ0) is 18.6. The molecule has 9 heteroatoms. The first-order valence-electron chi connectivity index (χ1n) is 7.95. The van der Waals surface area contributed by atoms with Gasteiger partial charge in [0, 0.05) is 18.2 Å². The van der Waals surface area contributed by atoms with Crippen LogP contribution in [0.2, 0.25) is 5.02 Å². The molecule has 0 aromatic heterocycles. The lowest BCUT2D eigenvalue weighted by molar-refractivity contribution is -0.117. The van der Waals surface area contributed by atoms with Gasteiger partial charge in [0.05, 0.1) is 43.0 Å². The summed E-state index contributed by atoms with van der Waals surface area (Å²) in [6, 6.07) is 3.04. The summed E-state index contributed by atoms with van der Waals surface area (Å²) in [5, 5.41) is 3.16. The number of nitrogens with one attached hydrogen (secondary N) is 1. The maximum Gasteiger partial charge on any atom is 0.238 e. The number of benzene rings is 1. The Hall–Kier alpha value is -1.51. The molecule has 1 aromatic rings. The number of methoxy groups -OCH3 is 2. The fourth-order valence-corrected chi connectivity index (χ4v) is 4.89. The molecule has 1 fully saturated rings. The largest absolute Gasteiger partial charge is 0.495 e. The Morgan fingerprint density at radius 3 is 2.52 bits per heavy atom. The molecular formula is C16H23ClN2O5S. The van der Waals surface area contributed by atoms with Gasteiger partial charge >= 0.3 is 0 Å². The number of halogens is 1. The van der Waals surface area contributed by atoms with Gasteiger partial charge in [-0.3, -0.25) is 9.69 Å². The molecule has 0 bridgehead atoms. The van der Waals surface area contributed by atoms with E-state index in [2.05, 4.69) is 5.32 Å². The summed E-state index contributed by atoms with van der Waals surface area (Å²) >= 11 is 6.05. The van der Waals surface area contributed by atoms with Gasteiger partial charge in [0.2, 0.25) is 5.91 Å². The quantitative estimate of drug-likeness (QED) is 0.764. The van der Waals surface area contributed by atoms with Gasteiger partial charge in [-0.1, -0.05) is 18.5 Å². The second-order valence-electron chi connectivity index (χ2n) is 5.86. The molecule has 0 aliphatic carbocycles. The molecule has 2 rings (SSSR count). The molecular weight excluding hydrogens is 368 g/mol. The third kappa shape index (κ3) is 4.99. The van der Waals surface area contributed by atoms with Crippen molar-refractivity contribution < 1.29 is 22.7 Å². The van der Waals surface area contributed by atoms with Crippen LogP contribution in [0.5, 0.6) is 11.5 Å². The molecule has 25 heavy (non-hydrogen) atoms. The third-order valence-electron chi connectivity index (χ3n) is 4.23. The van der Waals surface area contributed by atoms with Crippen molar-refractivity contribution in [2.75, 3.05) is 44.1 Å². The lowest BCUT2D eigenvalue weighted by atomic mass is 10.2. The van der Waals surface area contributed by atoms with Crippen molar-refractivity contribution in [3.63, 3.8) is 0 Å². The van der Waals surface area contributed by atoms with Crippen LogP contribution in [0.15, 0.2) is 12.1 Å². The number of sulfone groups is 1. The van der Waals surface area contributed by atoms with E-state index >= 15 is 0 Å². The zero-order valence-corrected chi connectivity index (χ0v) is 16.1. The Balaban J connectivity index is 2.08. The van der Waals surface area contributed by atoms with E-state index in [9.17, 15) is 13.2 Å². The Labute approximate surface area is 153 Å². The normalized spacial score (nSPS) is 19.0. The van der Waals surface area contributed by atoms with Crippen molar-refractivity contribution in [1.82, 2.24) is 4.90 Å². The highest BCUT2D eigenvalue weighted by Gasteiger charge is 2.32. The minimum absolute atomic E-state index is 0.102. The lowest BCUT2D eigenvalue weighted by Gasteiger charge is -2.26. The van der Waals surface area contributed by atoms with Crippen LogP contribution in [0.4, 0.5) is 5.69 Å². The number of ether oxygens (including phenoxy) is 2.